The van der Waals surface area contributed by atoms with E-state index < -0.39 is 17.7 Å². The SMILES string of the molecule is Cc1nc2cc(-c3cccc(-c4ccccc4)c3)nn2c(N2CCC3(C)C[C@H]3C2)c1[C@H](OC(C)(C)C)C(=O)O. The predicted molar refractivity (Wildman–Crippen MR) is 153 cm³/mol. The van der Waals surface area contributed by atoms with Gasteiger partial charge in [0, 0.05) is 30.4 Å². The molecule has 3 atom stereocenters. The van der Waals surface area contributed by atoms with Gasteiger partial charge in [-0.15, -0.1) is 0 Å². The fraction of sp³-hybridized carbons (Fsp3) is 0.406. The van der Waals surface area contributed by atoms with E-state index >= 15 is 0 Å². The first kappa shape index (κ1) is 25.6. The summed E-state index contributed by atoms with van der Waals surface area (Å²) in [5.41, 5.74) is 5.75. The van der Waals surface area contributed by atoms with Crippen molar-refractivity contribution in [1.82, 2.24) is 14.6 Å². The number of aliphatic carboxylic acids is 1. The van der Waals surface area contributed by atoms with Gasteiger partial charge in [-0.2, -0.15) is 9.61 Å². The zero-order chi connectivity index (χ0) is 27.5. The maximum atomic E-state index is 12.6. The molecule has 7 nitrogen and oxygen atoms in total. The highest BCUT2D eigenvalue weighted by Crippen LogP contribution is 2.58. The molecular formula is C32H36N4O3. The molecule has 0 bridgehead atoms. The van der Waals surface area contributed by atoms with Crippen molar-refractivity contribution >= 4 is 17.4 Å². The molecule has 1 unspecified atom stereocenters. The van der Waals surface area contributed by atoms with E-state index in [1.54, 1.807) is 0 Å². The van der Waals surface area contributed by atoms with Gasteiger partial charge in [0.05, 0.1) is 16.9 Å². The van der Waals surface area contributed by atoms with Crippen LogP contribution in [-0.4, -0.2) is 44.4 Å². The summed E-state index contributed by atoms with van der Waals surface area (Å²) >= 11 is 0. The number of fused-ring (bicyclic) bond motifs is 2. The van der Waals surface area contributed by atoms with Crippen molar-refractivity contribution in [1.29, 1.82) is 0 Å². The van der Waals surface area contributed by atoms with Crippen molar-refractivity contribution in [3.8, 4) is 22.4 Å². The standard InChI is InChI=1S/C32H36N4O3/c1-20-27(28(30(37)38)39-31(2,3)4)29(35-15-14-32(5)18-24(32)19-35)36-26(33-20)17-25(34-36)23-13-9-12-22(16-23)21-10-7-6-8-11-21/h6-13,16-17,24,28H,14-15,18-19H2,1-5H3,(H,37,38)/t24-,28-,32?/m0/s1. The van der Waals surface area contributed by atoms with Gasteiger partial charge >= 0.3 is 5.97 Å². The minimum Gasteiger partial charge on any atom is -0.479 e. The van der Waals surface area contributed by atoms with Gasteiger partial charge in [0.25, 0.3) is 0 Å². The Labute approximate surface area is 229 Å². The number of piperidine rings is 1. The third kappa shape index (κ3) is 4.80. The Hall–Kier alpha value is -3.71. The van der Waals surface area contributed by atoms with Gasteiger partial charge < -0.3 is 14.7 Å². The first-order chi connectivity index (χ1) is 18.5. The Morgan fingerprint density at radius 1 is 1.08 bits per heavy atom. The highest BCUT2D eigenvalue weighted by Gasteiger charge is 2.53. The summed E-state index contributed by atoms with van der Waals surface area (Å²) in [7, 11) is 0. The smallest absolute Gasteiger partial charge is 0.337 e. The van der Waals surface area contributed by atoms with Gasteiger partial charge in [-0.05, 0) is 69.1 Å². The molecule has 1 aliphatic carbocycles. The molecule has 2 aromatic carbocycles. The zero-order valence-electron chi connectivity index (χ0n) is 23.3. The topological polar surface area (TPSA) is 80.0 Å². The Bertz CT molecular complexity index is 1560. The fourth-order valence-electron chi connectivity index (χ4n) is 5.98. The average molecular weight is 525 g/mol. The second-order valence-corrected chi connectivity index (χ2v) is 12.4. The van der Waals surface area contributed by atoms with E-state index in [0.29, 0.717) is 28.2 Å². The van der Waals surface area contributed by atoms with E-state index in [1.165, 1.54) is 6.42 Å². The minimum atomic E-state index is -1.15. The van der Waals surface area contributed by atoms with Gasteiger partial charge in [-0.1, -0.05) is 55.5 Å². The summed E-state index contributed by atoms with van der Waals surface area (Å²) in [5, 5.41) is 15.4. The van der Waals surface area contributed by atoms with Gasteiger partial charge in [-0.25, -0.2) is 9.78 Å². The van der Waals surface area contributed by atoms with Crippen LogP contribution in [0.4, 0.5) is 5.82 Å². The molecule has 2 aliphatic rings. The van der Waals surface area contributed by atoms with Crippen LogP contribution in [0.5, 0.6) is 0 Å². The van der Waals surface area contributed by atoms with Crippen molar-refractivity contribution in [2.45, 2.75) is 59.2 Å². The molecule has 202 valence electrons. The number of hydrogen-bond donors (Lipinski definition) is 1. The molecule has 1 aliphatic heterocycles. The molecule has 1 saturated heterocycles. The molecule has 4 aromatic rings. The van der Waals surface area contributed by atoms with Crippen molar-refractivity contribution in [2.24, 2.45) is 11.3 Å². The summed E-state index contributed by atoms with van der Waals surface area (Å²) in [6, 6.07) is 20.6. The van der Waals surface area contributed by atoms with Crippen LogP contribution in [0, 0.1) is 18.3 Å². The number of carbonyl (C=O) groups is 1. The number of anilines is 1. The van der Waals surface area contributed by atoms with E-state index in [-0.39, 0.29) is 0 Å². The van der Waals surface area contributed by atoms with Crippen molar-refractivity contribution in [3.63, 3.8) is 0 Å². The number of nitrogens with zero attached hydrogens (tertiary/aromatic N) is 4. The first-order valence-corrected chi connectivity index (χ1v) is 13.7. The van der Waals surface area contributed by atoms with E-state index in [2.05, 4.69) is 42.2 Å². The molecule has 0 radical (unpaired) electrons. The third-order valence-electron chi connectivity index (χ3n) is 8.26. The van der Waals surface area contributed by atoms with Crippen molar-refractivity contribution in [3.05, 3.63) is 71.9 Å². The largest absolute Gasteiger partial charge is 0.479 e. The van der Waals surface area contributed by atoms with Gasteiger partial charge in [0.1, 0.15) is 5.82 Å². The zero-order valence-corrected chi connectivity index (χ0v) is 23.3. The number of aromatic nitrogens is 3. The monoisotopic (exact) mass is 524 g/mol. The maximum absolute atomic E-state index is 12.6. The molecular weight excluding hydrogens is 488 g/mol. The maximum Gasteiger partial charge on any atom is 0.337 e. The van der Waals surface area contributed by atoms with Crippen LogP contribution in [0.25, 0.3) is 28.0 Å². The highest BCUT2D eigenvalue weighted by molar-refractivity contribution is 5.79. The highest BCUT2D eigenvalue weighted by atomic mass is 16.5. The van der Waals surface area contributed by atoms with Crippen molar-refractivity contribution in [2.75, 3.05) is 18.0 Å². The molecule has 39 heavy (non-hydrogen) atoms. The molecule has 2 fully saturated rings. The second kappa shape index (κ2) is 9.19. The molecule has 7 heteroatoms. The first-order valence-electron chi connectivity index (χ1n) is 13.7. The van der Waals surface area contributed by atoms with E-state index in [4.69, 9.17) is 14.8 Å². The molecule has 1 N–H and O–H groups in total. The Balaban J connectivity index is 1.51. The third-order valence-corrected chi connectivity index (χ3v) is 8.26. The summed E-state index contributed by atoms with van der Waals surface area (Å²) in [4.78, 5) is 19.8. The number of benzene rings is 2. The van der Waals surface area contributed by atoms with E-state index in [0.717, 1.165) is 47.7 Å². The lowest BCUT2D eigenvalue weighted by molar-refractivity contribution is -0.160. The van der Waals surface area contributed by atoms with Gasteiger partial charge in [0.15, 0.2) is 11.8 Å². The molecule has 2 aromatic heterocycles. The van der Waals surface area contributed by atoms with Crippen LogP contribution in [0.1, 0.15) is 57.9 Å². The predicted octanol–water partition coefficient (Wildman–Crippen LogP) is 6.55. The van der Waals surface area contributed by atoms with Crippen LogP contribution in [0.3, 0.4) is 0 Å². The number of ether oxygens (including phenoxy) is 1. The summed E-state index contributed by atoms with van der Waals surface area (Å²) in [5.74, 6) is 0.368. The fourth-order valence-corrected chi connectivity index (χ4v) is 5.98. The molecule has 3 heterocycles. The molecule has 0 spiro atoms. The number of carboxylic acid groups (broad SMARTS) is 1. The normalized spacial score (nSPS) is 21.6. The summed E-state index contributed by atoms with van der Waals surface area (Å²) < 4.78 is 8.00. The quantitative estimate of drug-likeness (QED) is 0.308. The van der Waals surface area contributed by atoms with Crippen LogP contribution in [0.15, 0.2) is 60.7 Å². The summed E-state index contributed by atoms with van der Waals surface area (Å²) in [6.07, 6.45) is 1.13. The van der Waals surface area contributed by atoms with Crippen molar-refractivity contribution < 1.29 is 14.6 Å². The van der Waals surface area contributed by atoms with Crippen LogP contribution in [-0.2, 0) is 9.53 Å². The number of carboxylic acids is 1. The number of aryl methyl sites for hydroxylation is 1. The Morgan fingerprint density at radius 2 is 1.79 bits per heavy atom. The van der Waals surface area contributed by atoms with E-state index in [1.807, 2.05) is 62.5 Å². The molecule has 1 saturated carbocycles. The Morgan fingerprint density at radius 3 is 2.49 bits per heavy atom. The number of hydrogen-bond acceptors (Lipinski definition) is 5. The second-order valence-electron chi connectivity index (χ2n) is 12.4. The lowest BCUT2D eigenvalue weighted by Crippen LogP contribution is -2.38. The van der Waals surface area contributed by atoms with Crippen LogP contribution < -0.4 is 4.90 Å². The molecule has 0 amide bonds. The van der Waals surface area contributed by atoms with Gasteiger partial charge in [-0.3, -0.25) is 0 Å². The van der Waals surface area contributed by atoms with Crippen LogP contribution >= 0.6 is 0 Å². The summed E-state index contributed by atoms with van der Waals surface area (Å²) in [6.45, 7) is 11.6. The van der Waals surface area contributed by atoms with Crippen LogP contribution in [0.2, 0.25) is 0 Å². The van der Waals surface area contributed by atoms with Gasteiger partial charge in [0.2, 0.25) is 0 Å². The average Bonchev–Trinajstić information content (AvgIpc) is 3.40. The Kier molecular flexibility index (Phi) is 6.03. The lowest BCUT2D eigenvalue weighted by atomic mass is 9.97. The lowest BCUT2D eigenvalue weighted by Gasteiger charge is -2.35. The number of rotatable bonds is 6. The van der Waals surface area contributed by atoms with E-state index in [9.17, 15) is 9.90 Å². The minimum absolute atomic E-state index is 0.402. The molecule has 6 rings (SSSR count).